The average molecular weight is 331 g/mol. The standard InChI is InChI=1S/C16H15ClN4O2/c1-2-19-16(22)21-9-13(17)12-7-10(3-4-14(12)21)23-11-5-6-20-15(18)8-11/h3-9H,2H2,1H3,(H2,18,20)(H,19,22). The highest BCUT2D eigenvalue weighted by Crippen LogP contribution is 2.31. The molecule has 0 aliphatic rings. The number of ether oxygens (including phenoxy) is 1. The lowest BCUT2D eigenvalue weighted by Crippen LogP contribution is -2.27. The number of nitrogen functional groups attached to an aromatic ring is 1. The van der Waals surface area contributed by atoms with Crippen molar-refractivity contribution in [2.24, 2.45) is 0 Å². The summed E-state index contributed by atoms with van der Waals surface area (Å²) in [6.07, 6.45) is 3.16. The highest BCUT2D eigenvalue weighted by Gasteiger charge is 2.13. The van der Waals surface area contributed by atoms with Crippen molar-refractivity contribution in [1.82, 2.24) is 14.9 Å². The van der Waals surface area contributed by atoms with Crippen molar-refractivity contribution in [2.75, 3.05) is 12.3 Å². The molecule has 0 fully saturated rings. The number of nitrogens with one attached hydrogen (secondary N) is 1. The second-order valence-electron chi connectivity index (χ2n) is 4.88. The predicted molar refractivity (Wildman–Crippen MR) is 90.1 cm³/mol. The molecule has 1 amide bonds. The van der Waals surface area contributed by atoms with Crippen molar-refractivity contribution in [2.45, 2.75) is 6.92 Å². The van der Waals surface area contributed by atoms with Crippen LogP contribution in [0.2, 0.25) is 5.02 Å². The van der Waals surface area contributed by atoms with E-state index < -0.39 is 0 Å². The van der Waals surface area contributed by atoms with Gasteiger partial charge in [0.05, 0.1) is 10.5 Å². The normalized spacial score (nSPS) is 10.7. The van der Waals surface area contributed by atoms with E-state index >= 15 is 0 Å². The fourth-order valence-corrected chi connectivity index (χ4v) is 2.51. The molecule has 0 saturated carbocycles. The molecule has 3 aromatic rings. The van der Waals surface area contributed by atoms with Crippen LogP contribution in [0.15, 0.2) is 42.7 Å². The molecule has 23 heavy (non-hydrogen) atoms. The molecule has 2 aromatic heterocycles. The lowest BCUT2D eigenvalue weighted by molar-refractivity contribution is 0.244. The van der Waals surface area contributed by atoms with Crippen molar-refractivity contribution >= 4 is 34.4 Å². The third-order valence-electron chi connectivity index (χ3n) is 3.26. The van der Waals surface area contributed by atoms with E-state index in [2.05, 4.69) is 10.3 Å². The largest absolute Gasteiger partial charge is 0.457 e. The Bertz CT molecular complexity index is 876. The zero-order valence-electron chi connectivity index (χ0n) is 12.4. The highest BCUT2D eigenvalue weighted by molar-refractivity contribution is 6.36. The number of pyridine rings is 1. The molecule has 0 spiro atoms. The molecule has 0 unspecified atom stereocenters. The van der Waals surface area contributed by atoms with Crippen LogP contribution >= 0.6 is 11.6 Å². The van der Waals surface area contributed by atoms with Crippen LogP contribution in [0.25, 0.3) is 10.9 Å². The Balaban J connectivity index is 1.96. The van der Waals surface area contributed by atoms with E-state index in [-0.39, 0.29) is 6.03 Å². The number of nitrogens with two attached hydrogens (primary N) is 1. The quantitative estimate of drug-likeness (QED) is 0.768. The van der Waals surface area contributed by atoms with Crippen molar-refractivity contribution in [3.8, 4) is 11.5 Å². The van der Waals surface area contributed by atoms with E-state index in [1.807, 2.05) is 6.92 Å². The molecule has 0 aliphatic carbocycles. The number of nitrogens with zero attached hydrogens (tertiary/aromatic N) is 2. The van der Waals surface area contributed by atoms with Crippen molar-refractivity contribution in [1.29, 1.82) is 0 Å². The second-order valence-corrected chi connectivity index (χ2v) is 5.29. The number of fused-ring (bicyclic) bond motifs is 1. The smallest absolute Gasteiger partial charge is 0.326 e. The maximum atomic E-state index is 12.0. The Kier molecular flexibility index (Phi) is 4.08. The van der Waals surface area contributed by atoms with Gasteiger partial charge in [0, 0.05) is 30.4 Å². The van der Waals surface area contributed by atoms with Gasteiger partial charge in [-0.05, 0) is 31.2 Å². The number of rotatable bonds is 3. The van der Waals surface area contributed by atoms with E-state index in [4.69, 9.17) is 22.1 Å². The fourth-order valence-electron chi connectivity index (χ4n) is 2.26. The van der Waals surface area contributed by atoms with Gasteiger partial charge in [-0.3, -0.25) is 4.57 Å². The molecule has 118 valence electrons. The van der Waals surface area contributed by atoms with Crippen LogP contribution in [-0.4, -0.2) is 22.1 Å². The van der Waals surface area contributed by atoms with Gasteiger partial charge in [0.1, 0.15) is 17.3 Å². The summed E-state index contributed by atoms with van der Waals surface area (Å²) in [5.41, 5.74) is 6.34. The highest BCUT2D eigenvalue weighted by atomic mass is 35.5. The maximum absolute atomic E-state index is 12.0. The lowest BCUT2D eigenvalue weighted by Gasteiger charge is -2.07. The molecule has 0 bridgehead atoms. The minimum atomic E-state index is -0.222. The summed E-state index contributed by atoms with van der Waals surface area (Å²) in [5, 5.41) is 3.95. The molecular formula is C16H15ClN4O2. The van der Waals surface area contributed by atoms with Crippen molar-refractivity contribution in [3.63, 3.8) is 0 Å². The van der Waals surface area contributed by atoms with Gasteiger partial charge >= 0.3 is 6.03 Å². The molecule has 1 aromatic carbocycles. The van der Waals surface area contributed by atoms with Crippen molar-refractivity contribution in [3.05, 3.63) is 47.7 Å². The van der Waals surface area contributed by atoms with Crippen LogP contribution in [-0.2, 0) is 0 Å². The monoisotopic (exact) mass is 330 g/mol. The summed E-state index contributed by atoms with van der Waals surface area (Å²) in [6, 6.07) is 8.46. The minimum Gasteiger partial charge on any atom is -0.457 e. The summed E-state index contributed by atoms with van der Waals surface area (Å²) < 4.78 is 7.23. The third-order valence-corrected chi connectivity index (χ3v) is 3.56. The van der Waals surface area contributed by atoms with Gasteiger partial charge in [0.2, 0.25) is 0 Å². The number of halogens is 1. The van der Waals surface area contributed by atoms with Gasteiger partial charge in [-0.1, -0.05) is 11.6 Å². The van der Waals surface area contributed by atoms with Crippen LogP contribution in [0, 0.1) is 0 Å². The molecule has 3 N–H and O–H groups in total. The molecule has 7 heteroatoms. The van der Waals surface area contributed by atoms with E-state index in [9.17, 15) is 4.79 Å². The third kappa shape index (κ3) is 3.07. The first-order chi connectivity index (χ1) is 11.1. The summed E-state index contributed by atoms with van der Waals surface area (Å²) >= 11 is 6.24. The Morgan fingerprint density at radius 3 is 2.87 bits per heavy atom. The Morgan fingerprint density at radius 1 is 1.35 bits per heavy atom. The number of carbonyl (C=O) groups excluding carboxylic acids is 1. The number of hydrogen-bond donors (Lipinski definition) is 2. The van der Waals surface area contributed by atoms with E-state index in [0.29, 0.717) is 34.4 Å². The number of aromatic nitrogens is 2. The summed E-state index contributed by atoms with van der Waals surface area (Å²) in [5.74, 6) is 1.55. The minimum absolute atomic E-state index is 0.222. The van der Waals surface area contributed by atoms with Gasteiger partial charge in [0.25, 0.3) is 0 Å². The molecule has 0 radical (unpaired) electrons. The van der Waals surface area contributed by atoms with Crippen LogP contribution in [0.4, 0.5) is 10.6 Å². The van der Waals surface area contributed by atoms with Gasteiger partial charge < -0.3 is 15.8 Å². The number of anilines is 1. The van der Waals surface area contributed by atoms with Gasteiger partial charge in [0.15, 0.2) is 0 Å². The molecule has 3 rings (SSSR count). The van der Waals surface area contributed by atoms with E-state index in [0.717, 1.165) is 5.39 Å². The topological polar surface area (TPSA) is 82.2 Å². The van der Waals surface area contributed by atoms with Crippen LogP contribution in [0.5, 0.6) is 11.5 Å². The SMILES string of the molecule is CCNC(=O)n1cc(Cl)c2cc(Oc3ccnc(N)c3)ccc21. The average Bonchev–Trinajstić information content (AvgIpc) is 2.85. The Morgan fingerprint density at radius 2 is 2.13 bits per heavy atom. The van der Waals surface area contributed by atoms with Crippen molar-refractivity contribution < 1.29 is 9.53 Å². The molecule has 0 aliphatic heterocycles. The summed E-state index contributed by atoms with van der Waals surface area (Å²) in [7, 11) is 0. The first kappa shape index (κ1) is 15.2. The lowest BCUT2D eigenvalue weighted by atomic mass is 10.2. The second kappa shape index (κ2) is 6.18. The summed E-state index contributed by atoms with van der Waals surface area (Å²) in [6.45, 7) is 2.40. The number of amides is 1. The van der Waals surface area contributed by atoms with Gasteiger partial charge in [-0.25, -0.2) is 9.78 Å². The molecule has 0 atom stereocenters. The summed E-state index contributed by atoms with van der Waals surface area (Å²) in [4.78, 5) is 15.9. The predicted octanol–water partition coefficient (Wildman–Crippen LogP) is 3.64. The van der Waals surface area contributed by atoms with Crippen LogP contribution in [0.1, 0.15) is 6.92 Å². The Labute approximate surface area is 137 Å². The zero-order chi connectivity index (χ0) is 16.4. The zero-order valence-corrected chi connectivity index (χ0v) is 13.2. The number of benzene rings is 1. The van der Waals surface area contributed by atoms with Crippen LogP contribution in [0.3, 0.4) is 0 Å². The molecule has 2 heterocycles. The van der Waals surface area contributed by atoms with E-state index in [1.165, 1.54) is 4.57 Å². The fraction of sp³-hybridized carbons (Fsp3) is 0.125. The van der Waals surface area contributed by atoms with Crippen LogP contribution < -0.4 is 15.8 Å². The van der Waals surface area contributed by atoms with Gasteiger partial charge in [-0.15, -0.1) is 0 Å². The first-order valence-corrected chi connectivity index (χ1v) is 7.44. The number of hydrogen-bond acceptors (Lipinski definition) is 4. The van der Waals surface area contributed by atoms with E-state index in [1.54, 1.807) is 42.7 Å². The number of carbonyl (C=O) groups is 1. The first-order valence-electron chi connectivity index (χ1n) is 7.06. The maximum Gasteiger partial charge on any atom is 0.326 e. The Hall–Kier alpha value is -2.73. The molecule has 6 nitrogen and oxygen atoms in total. The van der Waals surface area contributed by atoms with Gasteiger partial charge in [-0.2, -0.15) is 0 Å². The molecular weight excluding hydrogens is 316 g/mol. The molecule has 0 saturated heterocycles.